The molecular formula is C9H10F3N3O2. The van der Waals surface area contributed by atoms with Crippen LogP contribution in [0.5, 0.6) is 0 Å². The van der Waals surface area contributed by atoms with Gasteiger partial charge in [0.05, 0.1) is 6.07 Å². The monoisotopic (exact) mass is 249 g/mol. The summed E-state index contributed by atoms with van der Waals surface area (Å²) >= 11 is 0. The van der Waals surface area contributed by atoms with Gasteiger partial charge in [0.1, 0.15) is 6.42 Å². The molecule has 8 heteroatoms. The summed E-state index contributed by atoms with van der Waals surface area (Å²) in [5, 5.41) is 21.2. The lowest BCUT2D eigenvalue weighted by Crippen LogP contribution is -2.56. The highest BCUT2D eigenvalue weighted by Gasteiger charge is 2.62. The number of carbonyl (C=O) groups is 1. The van der Waals surface area contributed by atoms with E-state index >= 15 is 0 Å². The zero-order chi connectivity index (χ0) is 13.3. The number of amides is 1. The lowest BCUT2D eigenvalue weighted by atomic mass is 10.1. The van der Waals surface area contributed by atoms with Crippen LogP contribution in [0.2, 0.25) is 0 Å². The Balaban J connectivity index is 3.09. The minimum Gasteiger partial charge on any atom is -0.362 e. The second-order valence-electron chi connectivity index (χ2n) is 3.55. The fourth-order valence-corrected chi connectivity index (χ4v) is 1.44. The van der Waals surface area contributed by atoms with Gasteiger partial charge in [0.2, 0.25) is 0 Å². The Morgan fingerprint density at radius 2 is 2.29 bits per heavy atom. The van der Waals surface area contributed by atoms with E-state index in [0.29, 0.717) is 0 Å². The first kappa shape index (κ1) is 13.4. The van der Waals surface area contributed by atoms with Crippen molar-refractivity contribution in [3.05, 3.63) is 0 Å². The molecule has 0 bridgehead atoms. The van der Waals surface area contributed by atoms with Crippen LogP contribution in [0, 0.1) is 11.3 Å². The Morgan fingerprint density at radius 3 is 2.71 bits per heavy atom. The van der Waals surface area contributed by atoms with Crippen molar-refractivity contribution in [1.82, 2.24) is 5.01 Å². The molecule has 1 aliphatic rings. The van der Waals surface area contributed by atoms with Crippen LogP contribution in [-0.2, 0) is 4.79 Å². The molecule has 0 radical (unpaired) electrons. The van der Waals surface area contributed by atoms with Gasteiger partial charge >= 0.3 is 6.18 Å². The molecule has 1 aliphatic heterocycles. The third-order valence-electron chi connectivity index (χ3n) is 2.37. The molecule has 0 spiro atoms. The van der Waals surface area contributed by atoms with Crippen molar-refractivity contribution in [3.8, 4) is 6.07 Å². The second-order valence-corrected chi connectivity index (χ2v) is 3.55. The van der Waals surface area contributed by atoms with Crippen molar-refractivity contribution in [3.63, 3.8) is 0 Å². The summed E-state index contributed by atoms with van der Waals surface area (Å²) in [7, 11) is 0. The number of carbonyl (C=O) groups excluding carboxylic acids is 1. The van der Waals surface area contributed by atoms with E-state index in [9.17, 15) is 23.1 Å². The number of nitriles is 1. The van der Waals surface area contributed by atoms with Gasteiger partial charge in [0.25, 0.3) is 11.6 Å². The molecular weight excluding hydrogens is 239 g/mol. The number of nitrogens with zero attached hydrogens (tertiary/aromatic N) is 3. The first-order valence-corrected chi connectivity index (χ1v) is 4.81. The van der Waals surface area contributed by atoms with Crippen LogP contribution in [0.4, 0.5) is 13.2 Å². The highest BCUT2D eigenvalue weighted by atomic mass is 19.4. The molecule has 0 unspecified atom stereocenters. The average molecular weight is 249 g/mol. The molecule has 1 atom stereocenters. The molecule has 0 saturated heterocycles. The number of hydrazone groups is 1. The number of alkyl halides is 3. The minimum absolute atomic E-state index is 0.0327. The van der Waals surface area contributed by atoms with E-state index in [4.69, 9.17) is 5.26 Å². The predicted molar refractivity (Wildman–Crippen MR) is 50.4 cm³/mol. The standard InChI is InChI=1S/C9H10F3N3O2/c1-2-6-5-8(17,9(10,11)12)15(14-6)7(16)3-4-13/h17H,2-3,5H2,1H3/t8-/m0/s1. The van der Waals surface area contributed by atoms with Crippen molar-refractivity contribution in [2.45, 2.75) is 38.1 Å². The Labute approximate surface area is 95.1 Å². The van der Waals surface area contributed by atoms with E-state index in [1.807, 2.05) is 0 Å². The summed E-state index contributed by atoms with van der Waals surface area (Å²) in [5.74, 6) is -1.17. The maximum Gasteiger partial charge on any atom is 0.438 e. The molecule has 0 fully saturated rings. The van der Waals surface area contributed by atoms with E-state index < -0.39 is 30.7 Å². The van der Waals surface area contributed by atoms with Gasteiger partial charge in [-0.05, 0) is 6.42 Å². The SMILES string of the molecule is CCC1=NN(C(=O)CC#N)[C@@](O)(C(F)(F)F)C1. The van der Waals surface area contributed by atoms with Crippen LogP contribution in [0.25, 0.3) is 0 Å². The largest absolute Gasteiger partial charge is 0.438 e. The quantitative estimate of drug-likeness (QED) is 0.797. The molecule has 5 nitrogen and oxygen atoms in total. The van der Waals surface area contributed by atoms with Crippen LogP contribution in [-0.4, -0.2) is 33.6 Å². The van der Waals surface area contributed by atoms with Gasteiger partial charge in [-0.2, -0.15) is 28.5 Å². The summed E-state index contributed by atoms with van der Waals surface area (Å²) in [6, 6.07) is 1.43. The third-order valence-corrected chi connectivity index (χ3v) is 2.37. The number of hydrogen-bond donors (Lipinski definition) is 1. The summed E-state index contributed by atoms with van der Waals surface area (Å²) in [6.45, 7) is 1.56. The van der Waals surface area contributed by atoms with Gasteiger partial charge in [-0.3, -0.25) is 4.79 Å². The minimum atomic E-state index is -5.02. The van der Waals surface area contributed by atoms with E-state index in [1.165, 1.54) is 6.07 Å². The number of aliphatic hydroxyl groups is 1. The lowest BCUT2D eigenvalue weighted by Gasteiger charge is -2.32. The topological polar surface area (TPSA) is 76.7 Å². The molecule has 0 aromatic carbocycles. The number of rotatable bonds is 2. The van der Waals surface area contributed by atoms with Gasteiger partial charge in [-0.25, -0.2) is 0 Å². The zero-order valence-corrected chi connectivity index (χ0v) is 8.95. The van der Waals surface area contributed by atoms with Gasteiger partial charge in [0.15, 0.2) is 0 Å². The summed E-state index contributed by atoms with van der Waals surface area (Å²) in [5.41, 5.74) is -3.26. The maximum absolute atomic E-state index is 12.7. The molecule has 94 valence electrons. The Kier molecular flexibility index (Phi) is 3.43. The molecule has 1 heterocycles. The van der Waals surface area contributed by atoms with Crippen molar-refractivity contribution < 1.29 is 23.1 Å². The fourth-order valence-electron chi connectivity index (χ4n) is 1.44. The number of halogens is 3. The maximum atomic E-state index is 12.7. The van der Waals surface area contributed by atoms with Crippen LogP contribution < -0.4 is 0 Å². The van der Waals surface area contributed by atoms with E-state index in [0.717, 1.165) is 0 Å². The molecule has 0 aromatic rings. The molecule has 0 aromatic heterocycles. The van der Waals surface area contributed by atoms with E-state index in [-0.39, 0.29) is 17.1 Å². The Bertz CT molecular complexity index is 399. The summed E-state index contributed by atoms with van der Waals surface area (Å²) < 4.78 is 38.1. The van der Waals surface area contributed by atoms with Crippen LogP contribution in [0.15, 0.2) is 5.10 Å². The lowest BCUT2D eigenvalue weighted by molar-refractivity contribution is -0.302. The first-order valence-electron chi connectivity index (χ1n) is 4.81. The van der Waals surface area contributed by atoms with Gasteiger partial charge in [-0.1, -0.05) is 6.92 Å². The third kappa shape index (κ3) is 2.24. The first-order chi connectivity index (χ1) is 7.76. The summed E-state index contributed by atoms with van der Waals surface area (Å²) in [6.07, 6.45) is -6.36. The van der Waals surface area contributed by atoms with Crippen molar-refractivity contribution >= 4 is 11.6 Å². The molecule has 17 heavy (non-hydrogen) atoms. The van der Waals surface area contributed by atoms with E-state index in [2.05, 4.69) is 5.10 Å². The predicted octanol–water partition coefficient (Wildman–Crippen LogP) is 1.15. The van der Waals surface area contributed by atoms with Crippen molar-refractivity contribution in [1.29, 1.82) is 5.26 Å². The van der Waals surface area contributed by atoms with Crippen LogP contribution in [0.1, 0.15) is 26.2 Å². The molecule has 1 amide bonds. The van der Waals surface area contributed by atoms with Gasteiger partial charge < -0.3 is 5.11 Å². The average Bonchev–Trinajstić information content (AvgIpc) is 2.56. The molecule has 0 aliphatic carbocycles. The second kappa shape index (κ2) is 4.33. The Hall–Kier alpha value is -1.62. The Morgan fingerprint density at radius 1 is 1.71 bits per heavy atom. The highest BCUT2D eigenvalue weighted by molar-refractivity contribution is 5.91. The zero-order valence-electron chi connectivity index (χ0n) is 8.95. The van der Waals surface area contributed by atoms with E-state index in [1.54, 1.807) is 6.92 Å². The van der Waals surface area contributed by atoms with Gasteiger partial charge in [0, 0.05) is 12.1 Å². The van der Waals surface area contributed by atoms with Crippen molar-refractivity contribution in [2.75, 3.05) is 0 Å². The van der Waals surface area contributed by atoms with Crippen molar-refractivity contribution in [2.24, 2.45) is 5.10 Å². The molecule has 0 saturated carbocycles. The fraction of sp³-hybridized carbons (Fsp3) is 0.667. The van der Waals surface area contributed by atoms with Gasteiger partial charge in [-0.15, -0.1) is 0 Å². The van der Waals surface area contributed by atoms with Crippen LogP contribution >= 0.6 is 0 Å². The van der Waals surface area contributed by atoms with Crippen LogP contribution in [0.3, 0.4) is 0 Å². The normalized spacial score (nSPS) is 24.5. The highest BCUT2D eigenvalue weighted by Crippen LogP contribution is 2.40. The summed E-state index contributed by atoms with van der Waals surface area (Å²) in [4.78, 5) is 11.3. The molecule has 1 N–H and O–H groups in total. The smallest absolute Gasteiger partial charge is 0.362 e. The molecule has 1 rings (SSSR count). The number of hydrogen-bond acceptors (Lipinski definition) is 4.